The Bertz CT molecular complexity index is 1070. The maximum Gasteiger partial charge on any atom is 0.332 e. The van der Waals surface area contributed by atoms with Crippen molar-refractivity contribution >= 4 is 40.3 Å². The van der Waals surface area contributed by atoms with Gasteiger partial charge in [-0.05, 0) is 24.1 Å². The zero-order chi connectivity index (χ0) is 18.8. The predicted molar refractivity (Wildman–Crippen MR) is 101 cm³/mol. The molecule has 3 aromatic rings. The normalized spacial score (nSPS) is 11.2. The maximum atomic E-state index is 12.8. The van der Waals surface area contributed by atoms with Gasteiger partial charge in [0, 0.05) is 20.2 Å². The van der Waals surface area contributed by atoms with Crippen molar-refractivity contribution in [3.63, 3.8) is 0 Å². The number of anilines is 1. The molecule has 3 rings (SSSR count). The van der Waals surface area contributed by atoms with Gasteiger partial charge < -0.3 is 15.4 Å². The van der Waals surface area contributed by atoms with Gasteiger partial charge in [-0.2, -0.15) is 4.98 Å². The van der Waals surface area contributed by atoms with E-state index in [9.17, 15) is 9.59 Å². The van der Waals surface area contributed by atoms with Gasteiger partial charge in [0.25, 0.3) is 5.56 Å². The van der Waals surface area contributed by atoms with Crippen molar-refractivity contribution in [2.75, 3.05) is 18.5 Å². The standard InChI is InChI=1S/C16H17Cl2N5O3/c1-22-13-12(20-15(21-13)19-5-2-6-24)14(25)23(16(22)26)8-9-3-4-10(17)11(18)7-9/h3-4,7,24H,2,5-6,8H2,1H3,(H2,19,20,21). The first-order valence-electron chi connectivity index (χ1n) is 7.90. The number of halogens is 2. The van der Waals surface area contributed by atoms with E-state index in [1.807, 2.05) is 0 Å². The van der Waals surface area contributed by atoms with Crippen LogP contribution in [0, 0.1) is 0 Å². The third kappa shape index (κ3) is 3.48. The molecule has 0 saturated carbocycles. The number of H-pyrrole nitrogens is 1. The molecule has 0 aliphatic carbocycles. The molecule has 10 heteroatoms. The molecule has 2 aromatic heterocycles. The van der Waals surface area contributed by atoms with Crippen LogP contribution in [0.5, 0.6) is 0 Å². The second-order valence-corrected chi connectivity index (χ2v) is 6.58. The number of fused-ring (bicyclic) bond motifs is 1. The number of aryl methyl sites for hydroxylation is 1. The molecule has 0 aliphatic rings. The molecule has 0 amide bonds. The average Bonchev–Trinajstić information content (AvgIpc) is 3.05. The number of nitrogens with one attached hydrogen (secondary N) is 2. The van der Waals surface area contributed by atoms with Crippen molar-refractivity contribution in [1.82, 2.24) is 19.1 Å². The van der Waals surface area contributed by atoms with E-state index in [2.05, 4.69) is 15.3 Å². The Kier molecular flexibility index (Phi) is 5.36. The molecule has 0 bridgehead atoms. The average molecular weight is 398 g/mol. The summed E-state index contributed by atoms with van der Waals surface area (Å²) in [6.07, 6.45) is 0.539. The van der Waals surface area contributed by atoms with E-state index in [-0.39, 0.29) is 24.3 Å². The van der Waals surface area contributed by atoms with Gasteiger partial charge in [-0.3, -0.25) is 13.9 Å². The predicted octanol–water partition coefficient (Wildman–Crippen LogP) is 1.57. The third-order valence-corrected chi connectivity index (χ3v) is 4.67. The van der Waals surface area contributed by atoms with Crippen molar-refractivity contribution in [1.29, 1.82) is 0 Å². The summed E-state index contributed by atoms with van der Waals surface area (Å²) in [6.45, 7) is 0.592. The molecule has 1 aromatic carbocycles. The summed E-state index contributed by atoms with van der Waals surface area (Å²) in [7, 11) is 1.55. The SMILES string of the molecule is Cn1c(=O)n(Cc2ccc(Cl)c(Cl)c2)c(=O)c2[nH]c(NCCCO)nc21. The number of rotatable bonds is 6. The highest BCUT2D eigenvalue weighted by atomic mass is 35.5. The number of imidazole rings is 1. The van der Waals surface area contributed by atoms with E-state index >= 15 is 0 Å². The lowest BCUT2D eigenvalue weighted by molar-refractivity contribution is 0.292. The zero-order valence-corrected chi connectivity index (χ0v) is 15.4. The van der Waals surface area contributed by atoms with Gasteiger partial charge in [-0.1, -0.05) is 29.3 Å². The molecule has 0 fully saturated rings. The summed E-state index contributed by atoms with van der Waals surface area (Å²) in [5.41, 5.74) is 0.202. The number of aliphatic hydroxyl groups is 1. The Labute approximate surface area is 158 Å². The fourth-order valence-electron chi connectivity index (χ4n) is 2.58. The molecular weight excluding hydrogens is 381 g/mol. The monoisotopic (exact) mass is 397 g/mol. The zero-order valence-electron chi connectivity index (χ0n) is 13.9. The van der Waals surface area contributed by atoms with E-state index in [1.165, 1.54) is 4.57 Å². The van der Waals surface area contributed by atoms with Crippen LogP contribution in [0.1, 0.15) is 12.0 Å². The summed E-state index contributed by atoms with van der Waals surface area (Å²) in [5.74, 6) is 0.368. The quantitative estimate of drug-likeness (QED) is 0.547. The molecule has 138 valence electrons. The summed E-state index contributed by atoms with van der Waals surface area (Å²) in [5, 5.41) is 12.6. The van der Waals surface area contributed by atoms with E-state index in [4.69, 9.17) is 28.3 Å². The van der Waals surface area contributed by atoms with Crippen molar-refractivity contribution in [2.45, 2.75) is 13.0 Å². The Morgan fingerprint density at radius 2 is 2.04 bits per heavy atom. The van der Waals surface area contributed by atoms with Gasteiger partial charge in [0.05, 0.1) is 16.6 Å². The molecule has 0 saturated heterocycles. The van der Waals surface area contributed by atoms with Gasteiger partial charge in [-0.15, -0.1) is 0 Å². The van der Waals surface area contributed by atoms with Crippen LogP contribution in [0.15, 0.2) is 27.8 Å². The Morgan fingerprint density at radius 3 is 2.73 bits per heavy atom. The summed E-state index contributed by atoms with van der Waals surface area (Å²) >= 11 is 11.9. The van der Waals surface area contributed by atoms with E-state index in [0.717, 1.165) is 4.57 Å². The van der Waals surface area contributed by atoms with Crippen LogP contribution in [-0.2, 0) is 13.6 Å². The first-order valence-corrected chi connectivity index (χ1v) is 8.66. The number of aromatic nitrogens is 4. The number of aromatic amines is 1. The fraction of sp³-hybridized carbons (Fsp3) is 0.312. The summed E-state index contributed by atoms with van der Waals surface area (Å²) in [6, 6.07) is 4.95. The third-order valence-electron chi connectivity index (χ3n) is 3.93. The van der Waals surface area contributed by atoms with Crippen LogP contribution in [-0.4, -0.2) is 37.4 Å². The van der Waals surface area contributed by atoms with Crippen LogP contribution >= 0.6 is 23.2 Å². The minimum Gasteiger partial charge on any atom is -0.396 e. The molecule has 2 heterocycles. The highest BCUT2D eigenvalue weighted by Crippen LogP contribution is 2.22. The molecule has 0 atom stereocenters. The van der Waals surface area contributed by atoms with Crippen LogP contribution in [0.4, 0.5) is 5.95 Å². The van der Waals surface area contributed by atoms with Crippen LogP contribution < -0.4 is 16.6 Å². The molecule has 0 radical (unpaired) electrons. The minimum atomic E-state index is -0.484. The van der Waals surface area contributed by atoms with Gasteiger partial charge >= 0.3 is 5.69 Å². The number of benzene rings is 1. The van der Waals surface area contributed by atoms with Crippen molar-refractivity contribution < 1.29 is 5.11 Å². The van der Waals surface area contributed by atoms with Gasteiger partial charge in [-0.25, -0.2) is 4.79 Å². The minimum absolute atomic E-state index is 0.0438. The maximum absolute atomic E-state index is 12.8. The Morgan fingerprint density at radius 1 is 1.27 bits per heavy atom. The summed E-state index contributed by atoms with van der Waals surface area (Å²) in [4.78, 5) is 32.5. The number of hydrogen-bond donors (Lipinski definition) is 3. The lowest BCUT2D eigenvalue weighted by atomic mass is 10.2. The Balaban J connectivity index is 2.04. The Hall–Kier alpha value is -2.29. The first-order chi connectivity index (χ1) is 12.4. The fourth-order valence-corrected chi connectivity index (χ4v) is 2.90. The lowest BCUT2D eigenvalue weighted by Gasteiger charge is -2.08. The topological polar surface area (TPSA) is 105 Å². The number of hydrogen-bond acceptors (Lipinski definition) is 5. The van der Waals surface area contributed by atoms with Gasteiger partial charge in [0.2, 0.25) is 5.95 Å². The second-order valence-electron chi connectivity index (χ2n) is 5.77. The van der Waals surface area contributed by atoms with Gasteiger partial charge in [0.15, 0.2) is 11.2 Å². The highest BCUT2D eigenvalue weighted by Gasteiger charge is 2.16. The molecule has 0 spiro atoms. The van der Waals surface area contributed by atoms with Crippen molar-refractivity contribution in [3.8, 4) is 0 Å². The molecule has 0 unspecified atom stereocenters. The molecular formula is C16H17Cl2N5O3. The highest BCUT2D eigenvalue weighted by molar-refractivity contribution is 6.42. The lowest BCUT2D eigenvalue weighted by Crippen LogP contribution is -2.39. The van der Waals surface area contributed by atoms with E-state index < -0.39 is 11.2 Å². The molecule has 3 N–H and O–H groups in total. The van der Waals surface area contributed by atoms with Gasteiger partial charge in [0.1, 0.15) is 0 Å². The first kappa shape index (κ1) is 18.5. The van der Waals surface area contributed by atoms with Crippen molar-refractivity contribution in [2.24, 2.45) is 7.05 Å². The smallest absolute Gasteiger partial charge is 0.332 e. The number of aliphatic hydroxyl groups excluding tert-OH is 1. The molecule has 26 heavy (non-hydrogen) atoms. The largest absolute Gasteiger partial charge is 0.396 e. The number of nitrogens with zero attached hydrogens (tertiary/aromatic N) is 3. The summed E-state index contributed by atoms with van der Waals surface area (Å²) < 4.78 is 2.42. The molecule has 0 aliphatic heterocycles. The molecule has 8 nitrogen and oxygen atoms in total. The van der Waals surface area contributed by atoms with Crippen LogP contribution in [0.3, 0.4) is 0 Å². The van der Waals surface area contributed by atoms with Crippen LogP contribution in [0.2, 0.25) is 10.0 Å². The van der Waals surface area contributed by atoms with E-state index in [0.29, 0.717) is 34.5 Å². The van der Waals surface area contributed by atoms with Crippen molar-refractivity contribution in [3.05, 3.63) is 54.6 Å². The second kappa shape index (κ2) is 7.53. The van der Waals surface area contributed by atoms with E-state index in [1.54, 1.807) is 25.2 Å². The van der Waals surface area contributed by atoms with Crippen LogP contribution in [0.25, 0.3) is 11.2 Å².